The van der Waals surface area contributed by atoms with Crippen molar-refractivity contribution in [3.05, 3.63) is 41.9 Å². The second-order valence-electron chi connectivity index (χ2n) is 5.81. The fraction of sp³-hybridized carbons (Fsp3) is 0.444. The van der Waals surface area contributed by atoms with Crippen LogP contribution < -0.4 is 5.32 Å². The fourth-order valence-corrected chi connectivity index (χ4v) is 2.34. The summed E-state index contributed by atoms with van der Waals surface area (Å²) in [6, 6.07) is 9.83. The molecule has 0 aliphatic carbocycles. The maximum Gasteiger partial charge on any atom is 0.220 e. The summed E-state index contributed by atoms with van der Waals surface area (Å²) in [6.07, 6.45) is 1.52. The van der Waals surface area contributed by atoms with E-state index in [0.717, 1.165) is 17.0 Å². The van der Waals surface area contributed by atoms with Crippen molar-refractivity contribution in [3.8, 4) is 11.3 Å². The van der Waals surface area contributed by atoms with Crippen molar-refractivity contribution in [2.45, 2.75) is 33.1 Å². The molecule has 1 atom stereocenters. The summed E-state index contributed by atoms with van der Waals surface area (Å²) in [5, 5.41) is 11.7. The van der Waals surface area contributed by atoms with Gasteiger partial charge in [0, 0.05) is 31.6 Å². The van der Waals surface area contributed by atoms with Crippen molar-refractivity contribution in [2.75, 3.05) is 13.2 Å². The van der Waals surface area contributed by atoms with Crippen LogP contribution in [0.4, 0.5) is 0 Å². The Morgan fingerprint density at radius 2 is 2.09 bits per heavy atom. The third-order valence-electron chi connectivity index (χ3n) is 3.71. The Hall–Kier alpha value is -2.14. The van der Waals surface area contributed by atoms with E-state index in [9.17, 15) is 4.79 Å². The molecule has 23 heavy (non-hydrogen) atoms. The minimum Gasteiger partial charge on any atom is -0.440 e. The van der Waals surface area contributed by atoms with E-state index in [1.807, 2.05) is 44.2 Å². The molecule has 1 amide bonds. The fourth-order valence-electron chi connectivity index (χ4n) is 2.34. The normalized spacial score (nSPS) is 12.1. The van der Waals surface area contributed by atoms with Crippen LogP contribution in [0.3, 0.4) is 0 Å². The van der Waals surface area contributed by atoms with Gasteiger partial charge in [-0.3, -0.25) is 4.79 Å². The van der Waals surface area contributed by atoms with Gasteiger partial charge < -0.3 is 14.8 Å². The minimum absolute atomic E-state index is 0.0214. The summed E-state index contributed by atoms with van der Waals surface area (Å²) >= 11 is 0. The number of benzene rings is 1. The maximum absolute atomic E-state index is 11.8. The van der Waals surface area contributed by atoms with Gasteiger partial charge in [0.15, 0.2) is 11.7 Å². The van der Waals surface area contributed by atoms with Crippen LogP contribution in [0, 0.1) is 12.8 Å². The number of hydrogen-bond donors (Lipinski definition) is 2. The summed E-state index contributed by atoms with van der Waals surface area (Å²) in [4.78, 5) is 16.2. The number of nitrogens with zero attached hydrogens (tertiary/aromatic N) is 1. The zero-order valence-electron chi connectivity index (χ0n) is 13.7. The third kappa shape index (κ3) is 5.21. The van der Waals surface area contributed by atoms with Crippen LogP contribution in [-0.4, -0.2) is 29.1 Å². The quantitative estimate of drug-likeness (QED) is 0.785. The zero-order chi connectivity index (χ0) is 16.7. The van der Waals surface area contributed by atoms with E-state index < -0.39 is 0 Å². The lowest BCUT2D eigenvalue weighted by molar-refractivity contribution is -0.121. The average molecular weight is 316 g/mol. The van der Waals surface area contributed by atoms with Crippen molar-refractivity contribution in [3.63, 3.8) is 0 Å². The number of carbonyl (C=O) groups is 1. The van der Waals surface area contributed by atoms with Crippen molar-refractivity contribution in [1.82, 2.24) is 10.3 Å². The number of oxazole rings is 1. The number of amides is 1. The smallest absolute Gasteiger partial charge is 0.220 e. The second-order valence-corrected chi connectivity index (χ2v) is 5.81. The Morgan fingerprint density at radius 1 is 1.35 bits per heavy atom. The van der Waals surface area contributed by atoms with E-state index in [-0.39, 0.29) is 18.4 Å². The summed E-state index contributed by atoms with van der Waals surface area (Å²) in [7, 11) is 0. The molecule has 124 valence electrons. The van der Waals surface area contributed by atoms with Crippen LogP contribution in [0.25, 0.3) is 11.3 Å². The second kappa shape index (κ2) is 8.48. The van der Waals surface area contributed by atoms with Crippen LogP contribution in [0.15, 0.2) is 34.7 Å². The van der Waals surface area contributed by atoms with Gasteiger partial charge >= 0.3 is 0 Å². The summed E-state index contributed by atoms with van der Waals surface area (Å²) in [5.41, 5.74) is 1.83. The van der Waals surface area contributed by atoms with E-state index in [2.05, 4.69) is 10.3 Å². The Kier molecular flexibility index (Phi) is 6.35. The molecule has 1 aromatic heterocycles. The lowest BCUT2D eigenvalue weighted by Crippen LogP contribution is -2.28. The summed E-state index contributed by atoms with van der Waals surface area (Å²) < 4.78 is 5.79. The number of aryl methyl sites for hydroxylation is 2. The zero-order valence-corrected chi connectivity index (χ0v) is 13.7. The van der Waals surface area contributed by atoms with Gasteiger partial charge in [-0.2, -0.15) is 0 Å². The van der Waals surface area contributed by atoms with Crippen LogP contribution in [-0.2, 0) is 11.2 Å². The maximum atomic E-state index is 11.8. The first-order valence-corrected chi connectivity index (χ1v) is 7.99. The van der Waals surface area contributed by atoms with Crippen molar-refractivity contribution < 1.29 is 14.3 Å². The molecule has 2 aromatic rings. The topological polar surface area (TPSA) is 75.4 Å². The molecule has 0 saturated carbocycles. The molecule has 1 heterocycles. The number of carbonyl (C=O) groups excluding carboxylic acids is 1. The van der Waals surface area contributed by atoms with Crippen molar-refractivity contribution in [2.24, 2.45) is 5.92 Å². The van der Waals surface area contributed by atoms with Crippen LogP contribution in [0.5, 0.6) is 0 Å². The highest BCUT2D eigenvalue weighted by Crippen LogP contribution is 2.24. The molecule has 0 aliphatic heterocycles. The third-order valence-corrected chi connectivity index (χ3v) is 3.71. The molecule has 0 bridgehead atoms. The highest BCUT2D eigenvalue weighted by molar-refractivity contribution is 5.76. The number of nitrogens with one attached hydrogen (secondary N) is 1. The molecule has 1 unspecified atom stereocenters. The van der Waals surface area contributed by atoms with Gasteiger partial charge in [0.1, 0.15) is 0 Å². The number of aliphatic hydroxyl groups is 1. The van der Waals surface area contributed by atoms with Gasteiger partial charge in [0.05, 0.1) is 5.69 Å². The molecule has 2 rings (SSSR count). The molecular formula is C18H24N2O3. The van der Waals surface area contributed by atoms with Crippen LogP contribution in [0.1, 0.15) is 31.4 Å². The van der Waals surface area contributed by atoms with E-state index in [0.29, 0.717) is 31.7 Å². The number of hydrogen-bond acceptors (Lipinski definition) is 4. The van der Waals surface area contributed by atoms with Gasteiger partial charge in [0.2, 0.25) is 5.91 Å². The lowest BCUT2D eigenvalue weighted by atomic mass is 10.1. The molecule has 0 fully saturated rings. The van der Waals surface area contributed by atoms with E-state index >= 15 is 0 Å². The minimum atomic E-state index is -0.0214. The lowest BCUT2D eigenvalue weighted by Gasteiger charge is -2.10. The monoisotopic (exact) mass is 316 g/mol. The predicted octanol–water partition coefficient (Wildman–Crippen LogP) is 2.72. The molecule has 0 aliphatic rings. The Labute approximate surface area is 136 Å². The van der Waals surface area contributed by atoms with Crippen LogP contribution >= 0.6 is 0 Å². The van der Waals surface area contributed by atoms with Crippen LogP contribution in [0.2, 0.25) is 0 Å². The van der Waals surface area contributed by atoms with E-state index in [4.69, 9.17) is 9.52 Å². The Balaban J connectivity index is 1.86. The first kappa shape index (κ1) is 17.2. The molecular weight excluding hydrogens is 292 g/mol. The van der Waals surface area contributed by atoms with Gasteiger partial charge in [-0.05, 0) is 19.3 Å². The van der Waals surface area contributed by atoms with Crippen molar-refractivity contribution >= 4 is 5.91 Å². The van der Waals surface area contributed by atoms with Gasteiger partial charge in [-0.1, -0.05) is 37.3 Å². The number of aromatic nitrogens is 1. The van der Waals surface area contributed by atoms with Gasteiger partial charge in [-0.25, -0.2) is 4.98 Å². The molecule has 0 radical (unpaired) electrons. The van der Waals surface area contributed by atoms with Gasteiger partial charge in [-0.15, -0.1) is 0 Å². The van der Waals surface area contributed by atoms with E-state index in [1.165, 1.54) is 0 Å². The number of aliphatic hydroxyl groups excluding tert-OH is 1. The predicted molar refractivity (Wildman–Crippen MR) is 88.9 cm³/mol. The summed E-state index contributed by atoms with van der Waals surface area (Å²) in [5.74, 6) is 1.60. The molecule has 0 spiro atoms. The highest BCUT2D eigenvalue weighted by Gasteiger charge is 2.13. The molecule has 2 N–H and O–H groups in total. The standard InChI is InChI=1S/C18H24N2O3/c1-13(10-11-21)12-19-16(22)8-9-17-20-14(2)18(23-17)15-6-4-3-5-7-15/h3-7,13,21H,8-12H2,1-2H3,(H,19,22). The van der Waals surface area contributed by atoms with Gasteiger partial charge in [0.25, 0.3) is 0 Å². The van der Waals surface area contributed by atoms with Crippen molar-refractivity contribution in [1.29, 1.82) is 0 Å². The largest absolute Gasteiger partial charge is 0.440 e. The molecule has 1 aromatic carbocycles. The molecule has 5 nitrogen and oxygen atoms in total. The number of rotatable bonds is 8. The SMILES string of the molecule is Cc1nc(CCC(=O)NCC(C)CCO)oc1-c1ccccc1. The first-order valence-electron chi connectivity index (χ1n) is 7.99. The molecule has 0 saturated heterocycles. The average Bonchev–Trinajstić information content (AvgIpc) is 2.93. The summed E-state index contributed by atoms with van der Waals surface area (Å²) in [6.45, 7) is 4.64. The molecule has 5 heteroatoms. The Morgan fingerprint density at radius 3 is 2.78 bits per heavy atom. The first-order chi connectivity index (χ1) is 11.1. The highest BCUT2D eigenvalue weighted by atomic mass is 16.4. The van der Waals surface area contributed by atoms with E-state index in [1.54, 1.807) is 0 Å². The Bertz CT molecular complexity index is 622.